The zero-order valence-corrected chi connectivity index (χ0v) is 11.5. The summed E-state index contributed by atoms with van der Waals surface area (Å²) >= 11 is 3.50. The lowest BCUT2D eigenvalue weighted by Gasteiger charge is -2.14. The average Bonchev–Trinajstić information content (AvgIpc) is 2.23. The highest BCUT2D eigenvalue weighted by Crippen LogP contribution is 2.35. The molecule has 2 nitrogen and oxygen atoms in total. The first-order valence-electron chi connectivity index (χ1n) is 5.42. The van der Waals surface area contributed by atoms with Gasteiger partial charge >= 0.3 is 0 Å². The standard InChI is InChI=1S/C14H15BrN2/c1-8-6-10(15)7-9(2)13(8)11-4-3-5-12(16)14(11)17/h3-7H,16-17H2,1-2H3. The number of anilines is 2. The molecule has 17 heavy (non-hydrogen) atoms. The minimum Gasteiger partial charge on any atom is -0.397 e. The van der Waals surface area contributed by atoms with Crippen LogP contribution >= 0.6 is 15.9 Å². The number of aryl methyl sites for hydroxylation is 2. The van der Waals surface area contributed by atoms with Gasteiger partial charge in [0.05, 0.1) is 11.4 Å². The molecule has 0 aliphatic rings. The first-order valence-corrected chi connectivity index (χ1v) is 6.21. The Hall–Kier alpha value is -1.48. The summed E-state index contributed by atoms with van der Waals surface area (Å²) in [4.78, 5) is 0. The maximum atomic E-state index is 6.05. The van der Waals surface area contributed by atoms with E-state index < -0.39 is 0 Å². The molecule has 0 bridgehead atoms. The van der Waals surface area contributed by atoms with Crippen molar-refractivity contribution in [2.75, 3.05) is 11.5 Å². The minimum atomic E-state index is 0.629. The number of para-hydroxylation sites is 1. The van der Waals surface area contributed by atoms with Gasteiger partial charge < -0.3 is 11.5 Å². The van der Waals surface area contributed by atoms with Crippen molar-refractivity contribution in [2.45, 2.75) is 13.8 Å². The molecule has 0 radical (unpaired) electrons. The van der Waals surface area contributed by atoms with Gasteiger partial charge in [0.2, 0.25) is 0 Å². The molecule has 4 N–H and O–H groups in total. The number of benzene rings is 2. The van der Waals surface area contributed by atoms with Crippen LogP contribution in [0.5, 0.6) is 0 Å². The smallest absolute Gasteiger partial charge is 0.0627 e. The molecule has 0 saturated carbocycles. The van der Waals surface area contributed by atoms with E-state index in [1.54, 1.807) is 0 Å². The predicted octanol–water partition coefficient (Wildman–Crippen LogP) is 3.90. The van der Waals surface area contributed by atoms with Crippen LogP contribution in [-0.4, -0.2) is 0 Å². The summed E-state index contributed by atoms with van der Waals surface area (Å²) < 4.78 is 1.08. The van der Waals surface area contributed by atoms with E-state index in [-0.39, 0.29) is 0 Å². The predicted molar refractivity (Wildman–Crippen MR) is 77.9 cm³/mol. The van der Waals surface area contributed by atoms with E-state index in [0.717, 1.165) is 15.6 Å². The molecule has 88 valence electrons. The van der Waals surface area contributed by atoms with E-state index in [9.17, 15) is 0 Å². The number of hydrogen-bond donors (Lipinski definition) is 2. The van der Waals surface area contributed by atoms with Gasteiger partial charge in [0, 0.05) is 10.0 Å². The summed E-state index contributed by atoms with van der Waals surface area (Å²) in [5, 5.41) is 0. The Bertz CT molecular complexity index is 553. The largest absolute Gasteiger partial charge is 0.397 e. The maximum absolute atomic E-state index is 6.05. The molecule has 0 heterocycles. The second-order valence-electron chi connectivity index (χ2n) is 4.22. The molecule has 0 aliphatic carbocycles. The topological polar surface area (TPSA) is 52.0 Å². The normalized spacial score (nSPS) is 10.5. The number of rotatable bonds is 1. The van der Waals surface area contributed by atoms with Gasteiger partial charge in [-0.15, -0.1) is 0 Å². The van der Waals surface area contributed by atoms with E-state index in [2.05, 4.69) is 41.9 Å². The number of halogens is 1. The Kier molecular flexibility index (Phi) is 3.11. The molecule has 2 rings (SSSR count). The molecule has 0 amide bonds. The molecule has 0 spiro atoms. The fraction of sp³-hybridized carbons (Fsp3) is 0.143. The third-order valence-electron chi connectivity index (χ3n) is 2.91. The van der Waals surface area contributed by atoms with Crippen LogP contribution in [0.2, 0.25) is 0 Å². The molecular weight excluding hydrogens is 276 g/mol. The molecule has 0 fully saturated rings. The van der Waals surface area contributed by atoms with Gasteiger partial charge in [-0.2, -0.15) is 0 Å². The average molecular weight is 291 g/mol. The molecule has 3 heteroatoms. The van der Waals surface area contributed by atoms with Gasteiger partial charge in [-0.1, -0.05) is 28.1 Å². The Morgan fingerprint density at radius 1 is 1.00 bits per heavy atom. The summed E-state index contributed by atoms with van der Waals surface area (Å²) in [5.41, 5.74) is 17.7. The van der Waals surface area contributed by atoms with E-state index in [4.69, 9.17) is 11.5 Å². The zero-order valence-electron chi connectivity index (χ0n) is 9.92. The van der Waals surface area contributed by atoms with Gasteiger partial charge in [-0.05, 0) is 48.7 Å². The summed E-state index contributed by atoms with van der Waals surface area (Å²) in [7, 11) is 0. The fourth-order valence-electron chi connectivity index (χ4n) is 2.14. The Morgan fingerprint density at radius 2 is 1.59 bits per heavy atom. The lowest BCUT2D eigenvalue weighted by Crippen LogP contribution is -1.99. The van der Waals surface area contributed by atoms with Crippen LogP contribution in [0, 0.1) is 13.8 Å². The van der Waals surface area contributed by atoms with Crippen LogP contribution in [0.4, 0.5) is 11.4 Å². The SMILES string of the molecule is Cc1cc(Br)cc(C)c1-c1cccc(N)c1N. The van der Waals surface area contributed by atoms with Gasteiger partial charge in [0.1, 0.15) is 0 Å². The molecule has 2 aromatic carbocycles. The van der Waals surface area contributed by atoms with Gasteiger partial charge in [0.25, 0.3) is 0 Å². The highest BCUT2D eigenvalue weighted by atomic mass is 79.9. The van der Waals surface area contributed by atoms with Crippen molar-refractivity contribution in [1.82, 2.24) is 0 Å². The third kappa shape index (κ3) is 2.15. The first-order chi connectivity index (χ1) is 8.00. The Balaban J connectivity index is 2.73. The lowest BCUT2D eigenvalue weighted by atomic mass is 9.94. The molecular formula is C14H15BrN2. The van der Waals surface area contributed by atoms with Crippen molar-refractivity contribution in [1.29, 1.82) is 0 Å². The maximum Gasteiger partial charge on any atom is 0.0627 e. The first kappa shape index (κ1) is 12.0. The van der Waals surface area contributed by atoms with E-state index in [0.29, 0.717) is 11.4 Å². The fourth-order valence-corrected chi connectivity index (χ4v) is 2.82. The van der Waals surface area contributed by atoms with Crippen LogP contribution in [0.1, 0.15) is 11.1 Å². The molecule has 0 unspecified atom stereocenters. The van der Waals surface area contributed by atoms with E-state index in [1.807, 2.05) is 18.2 Å². The molecule has 0 aliphatic heterocycles. The summed E-state index contributed by atoms with van der Waals surface area (Å²) in [6, 6.07) is 9.94. The summed E-state index contributed by atoms with van der Waals surface area (Å²) in [6.45, 7) is 4.16. The van der Waals surface area contributed by atoms with Crippen LogP contribution < -0.4 is 11.5 Å². The van der Waals surface area contributed by atoms with Crippen molar-refractivity contribution in [3.05, 3.63) is 45.9 Å². The second-order valence-corrected chi connectivity index (χ2v) is 5.14. The van der Waals surface area contributed by atoms with Crippen molar-refractivity contribution in [3.63, 3.8) is 0 Å². The Labute approximate surface area is 110 Å². The van der Waals surface area contributed by atoms with Gasteiger partial charge in [-0.25, -0.2) is 0 Å². The number of hydrogen-bond acceptors (Lipinski definition) is 2. The summed E-state index contributed by atoms with van der Waals surface area (Å²) in [6.07, 6.45) is 0. The quantitative estimate of drug-likeness (QED) is 0.783. The third-order valence-corrected chi connectivity index (χ3v) is 3.36. The zero-order chi connectivity index (χ0) is 12.6. The molecule has 2 aromatic rings. The summed E-state index contributed by atoms with van der Waals surface area (Å²) in [5.74, 6) is 0. The monoisotopic (exact) mass is 290 g/mol. The van der Waals surface area contributed by atoms with Crippen LogP contribution in [0.15, 0.2) is 34.8 Å². The minimum absolute atomic E-state index is 0.629. The number of nitrogen functional groups attached to an aromatic ring is 2. The van der Waals surface area contributed by atoms with Crippen molar-refractivity contribution < 1.29 is 0 Å². The molecule has 0 atom stereocenters. The van der Waals surface area contributed by atoms with E-state index >= 15 is 0 Å². The highest BCUT2D eigenvalue weighted by molar-refractivity contribution is 9.10. The Morgan fingerprint density at radius 3 is 2.18 bits per heavy atom. The highest BCUT2D eigenvalue weighted by Gasteiger charge is 2.11. The van der Waals surface area contributed by atoms with Crippen molar-refractivity contribution >= 4 is 27.3 Å². The molecule has 0 saturated heterocycles. The lowest BCUT2D eigenvalue weighted by molar-refractivity contribution is 1.36. The van der Waals surface area contributed by atoms with Crippen molar-refractivity contribution in [3.8, 4) is 11.1 Å². The van der Waals surface area contributed by atoms with E-state index in [1.165, 1.54) is 11.1 Å². The number of nitrogens with two attached hydrogens (primary N) is 2. The molecule has 0 aromatic heterocycles. The second kappa shape index (κ2) is 4.41. The van der Waals surface area contributed by atoms with Gasteiger partial charge in [-0.3, -0.25) is 0 Å². The van der Waals surface area contributed by atoms with Gasteiger partial charge in [0.15, 0.2) is 0 Å². The van der Waals surface area contributed by atoms with Crippen LogP contribution in [0.3, 0.4) is 0 Å². The van der Waals surface area contributed by atoms with Crippen molar-refractivity contribution in [2.24, 2.45) is 0 Å². The van der Waals surface area contributed by atoms with Crippen LogP contribution in [-0.2, 0) is 0 Å². The van der Waals surface area contributed by atoms with Crippen LogP contribution in [0.25, 0.3) is 11.1 Å².